The van der Waals surface area contributed by atoms with E-state index in [1.54, 1.807) is 6.26 Å². The van der Waals surface area contributed by atoms with Crippen LogP contribution in [0.1, 0.15) is 43.4 Å². The Morgan fingerprint density at radius 2 is 2.19 bits per heavy atom. The minimum Gasteiger partial charge on any atom is -0.458 e. The second-order valence-electron chi connectivity index (χ2n) is 6.30. The molecule has 1 saturated carbocycles. The summed E-state index contributed by atoms with van der Waals surface area (Å²) in [4.78, 5) is 26.4. The Kier molecular flexibility index (Phi) is 2.80. The molecule has 6 nitrogen and oxygen atoms in total. The lowest BCUT2D eigenvalue weighted by Gasteiger charge is -2.33. The molecular weight excluding hydrogens is 272 g/mol. The van der Waals surface area contributed by atoms with Gasteiger partial charge in [-0.25, -0.2) is 0 Å². The Balaban J connectivity index is 1.56. The molecule has 0 aromatic carbocycles. The fourth-order valence-electron chi connectivity index (χ4n) is 3.98. The number of carbonyl (C=O) groups excluding carboxylic acids is 2. The number of hydrogen-bond donors (Lipinski definition) is 0. The molecule has 3 aliphatic rings. The number of esters is 1. The van der Waals surface area contributed by atoms with Crippen LogP contribution < -0.4 is 0 Å². The maximum atomic E-state index is 12.9. The molecule has 2 fully saturated rings. The topological polar surface area (TPSA) is 72.6 Å². The molecule has 0 radical (unpaired) electrons. The predicted octanol–water partition coefficient (Wildman–Crippen LogP) is 1.44. The van der Waals surface area contributed by atoms with E-state index in [-0.39, 0.29) is 24.2 Å². The van der Waals surface area contributed by atoms with Crippen molar-refractivity contribution in [2.45, 2.75) is 50.7 Å². The molecule has 0 bridgehead atoms. The third-order valence-electron chi connectivity index (χ3n) is 5.09. The van der Waals surface area contributed by atoms with Gasteiger partial charge >= 0.3 is 5.97 Å². The van der Waals surface area contributed by atoms with Gasteiger partial charge in [-0.05, 0) is 25.7 Å². The van der Waals surface area contributed by atoms with E-state index in [1.807, 2.05) is 4.90 Å². The summed E-state index contributed by atoms with van der Waals surface area (Å²) in [6.45, 7) is 1.16. The fourth-order valence-corrected chi connectivity index (χ4v) is 3.98. The summed E-state index contributed by atoms with van der Waals surface area (Å²) in [5.74, 6) is -0.485. The van der Waals surface area contributed by atoms with Crippen molar-refractivity contribution < 1.29 is 18.8 Å². The second-order valence-corrected chi connectivity index (χ2v) is 6.30. The van der Waals surface area contributed by atoms with Gasteiger partial charge < -0.3 is 14.2 Å². The van der Waals surface area contributed by atoms with Crippen LogP contribution in [0.25, 0.3) is 0 Å². The van der Waals surface area contributed by atoms with Crippen molar-refractivity contribution in [3.8, 4) is 0 Å². The van der Waals surface area contributed by atoms with Crippen molar-refractivity contribution in [1.29, 1.82) is 0 Å². The molecule has 0 N–H and O–H groups in total. The zero-order chi connectivity index (χ0) is 14.4. The number of rotatable bonds is 1. The Bertz CT molecular complexity index is 588. The number of nitrogens with zero attached hydrogens (tertiary/aromatic N) is 2. The van der Waals surface area contributed by atoms with Crippen LogP contribution in [0.2, 0.25) is 0 Å². The van der Waals surface area contributed by atoms with Crippen molar-refractivity contribution in [1.82, 2.24) is 10.1 Å². The zero-order valence-electron chi connectivity index (χ0n) is 11.8. The van der Waals surface area contributed by atoms with Gasteiger partial charge in [0, 0.05) is 18.5 Å². The van der Waals surface area contributed by atoms with Crippen molar-refractivity contribution in [2.24, 2.45) is 5.92 Å². The maximum Gasteiger partial charge on any atom is 0.307 e. The zero-order valence-corrected chi connectivity index (χ0v) is 11.8. The van der Waals surface area contributed by atoms with Crippen LogP contribution in [0.5, 0.6) is 0 Å². The van der Waals surface area contributed by atoms with Crippen LogP contribution in [0.3, 0.4) is 0 Å². The third kappa shape index (κ3) is 1.96. The van der Waals surface area contributed by atoms with Crippen LogP contribution in [0, 0.1) is 5.92 Å². The fraction of sp³-hybridized carbons (Fsp3) is 0.667. The number of aromatic nitrogens is 1. The lowest BCUT2D eigenvalue weighted by molar-refractivity contribution is -0.152. The molecule has 1 aromatic rings. The SMILES string of the molecule is O=C1C[C@@H](C(=O)N2CCc3nocc3C2)C2(CCCC2)O1. The van der Waals surface area contributed by atoms with E-state index in [0.717, 1.165) is 36.9 Å². The van der Waals surface area contributed by atoms with E-state index in [0.29, 0.717) is 19.5 Å². The molecule has 1 atom stereocenters. The minimum atomic E-state index is -0.525. The second kappa shape index (κ2) is 4.58. The summed E-state index contributed by atoms with van der Waals surface area (Å²) in [5, 5.41) is 3.94. The number of carbonyl (C=O) groups is 2. The average Bonchev–Trinajstić information content (AvgIpc) is 3.18. The minimum absolute atomic E-state index is 0.0506. The average molecular weight is 290 g/mol. The summed E-state index contributed by atoms with van der Waals surface area (Å²) in [6, 6.07) is 0. The predicted molar refractivity (Wildman–Crippen MR) is 71.0 cm³/mol. The highest BCUT2D eigenvalue weighted by molar-refractivity contribution is 5.88. The van der Waals surface area contributed by atoms with Crippen LogP contribution >= 0.6 is 0 Å². The first-order valence-electron chi connectivity index (χ1n) is 7.61. The molecule has 1 spiro atoms. The normalized spacial score (nSPS) is 27.0. The van der Waals surface area contributed by atoms with Crippen LogP contribution in [0.15, 0.2) is 10.8 Å². The molecular formula is C15H18N2O4. The molecule has 1 aromatic heterocycles. The smallest absolute Gasteiger partial charge is 0.307 e. The van der Waals surface area contributed by atoms with Gasteiger partial charge in [-0.15, -0.1) is 0 Å². The number of hydrogen-bond acceptors (Lipinski definition) is 5. The molecule has 21 heavy (non-hydrogen) atoms. The quantitative estimate of drug-likeness (QED) is 0.732. The van der Waals surface area contributed by atoms with Crippen molar-refractivity contribution in [3.63, 3.8) is 0 Å². The molecule has 4 rings (SSSR count). The molecule has 3 heterocycles. The first-order chi connectivity index (χ1) is 10.2. The van der Waals surface area contributed by atoms with Gasteiger partial charge in [0.05, 0.1) is 24.6 Å². The van der Waals surface area contributed by atoms with Crippen LogP contribution in [-0.4, -0.2) is 34.1 Å². The Morgan fingerprint density at radius 3 is 3.00 bits per heavy atom. The van der Waals surface area contributed by atoms with Crippen molar-refractivity contribution in [3.05, 3.63) is 17.5 Å². The van der Waals surface area contributed by atoms with E-state index in [4.69, 9.17) is 9.26 Å². The van der Waals surface area contributed by atoms with E-state index >= 15 is 0 Å². The largest absolute Gasteiger partial charge is 0.458 e. The molecule has 1 aliphatic carbocycles. The highest BCUT2D eigenvalue weighted by Crippen LogP contribution is 2.46. The van der Waals surface area contributed by atoms with Gasteiger partial charge in [0.1, 0.15) is 11.9 Å². The summed E-state index contributed by atoms with van der Waals surface area (Å²) < 4.78 is 10.5. The van der Waals surface area contributed by atoms with Gasteiger partial charge in [0.15, 0.2) is 0 Å². The number of ether oxygens (including phenoxy) is 1. The van der Waals surface area contributed by atoms with Crippen LogP contribution in [-0.2, 0) is 27.3 Å². The Morgan fingerprint density at radius 1 is 1.38 bits per heavy atom. The molecule has 1 saturated heterocycles. The van der Waals surface area contributed by atoms with E-state index < -0.39 is 5.60 Å². The first kappa shape index (κ1) is 12.9. The Labute approximate surface area is 122 Å². The molecule has 0 unspecified atom stereocenters. The third-order valence-corrected chi connectivity index (χ3v) is 5.09. The maximum absolute atomic E-state index is 12.9. The highest BCUT2D eigenvalue weighted by Gasteiger charge is 2.55. The van der Waals surface area contributed by atoms with Gasteiger partial charge in [-0.2, -0.15) is 0 Å². The standard InChI is InChI=1S/C15H18N2O4/c18-13-7-11(15(21-13)4-1-2-5-15)14(19)17-6-3-12-10(8-17)9-20-16-12/h9,11H,1-8H2/t11-/m0/s1. The number of fused-ring (bicyclic) bond motifs is 1. The van der Waals surface area contributed by atoms with E-state index in [2.05, 4.69) is 5.16 Å². The summed E-state index contributed by atoms with van der Waals surface area (Å²) in [5.41, 5.74) is 1.39. The molecule has 1 amide bonds. The van der Waals surface area contributed by atoms with Gasteiger partial charge in [0.25, 0.3) is 0 Å². The Hall–Kier alpha value is -1.85. The van der Waals surface area contributed by atoms with Crippen molar-refractivity contribution >= 4 is 11.9 Å². The van der Waals surface area contributed by atoms with Gasteiger partial charge in [-0.1, -0.05) is 5.16 Å². The van der Waals surface area contributed by atoms with E-state index in [1.165, 1.54) is 0 Å². The molecule has 6 heteroatoms. The van der Waals surface area contributed by atoms with Crippen molar-refractivity contribution in [2.75, 3.05) is 6.54 Å². The van der Waals surface area contributed by atoms with E-state index in [9.17, 15) is 9.59 Å². The first-order valence-corrected chi connectivity index (χ1v) is 7.61. The van der Waals surface area contributed by atoms with Crippen LogP contribution in [0.4, 0.5) is 0 Å². The summed E-state index contributed by atoms with van der Waals surface area (Å²) in [6.07, 6.45) is 6.26. The molecule has 112 valence electrons. The molecule has 2 aliphatic heterocycles. The van der Waals surface area contributed by atoms with Gasteiger partial charge in [0.2, 0.25) is 5.91 Å². The lowest BCUT2D eigenvalue weighted by atomic mass is 9.84. The van der Waals surface area contributed by atoms with Gasteiger partial charge in [-0.3, -0.25) is 9.59 Å². The lowest BCUT2D eigenvalue weighted by Crippen LogP contribution is -2.46. The monoisotopic (exact) mass is 290 g/mol. The summed E-state index contributed by atoms with van der Waals surface area (Å²) >= 11 is 0. The number of amides is 1. The highest BCUT2D eigenvalue weighted by atomic mass is 16.6. The summed E-state index contributed by atoms with van der Waals surface area (Å²) in [7, 11) is 0.